The summed E-state index contributed by atoms with van der Waals surface area (Å²) in [6.45, 7) is 4.88. The van der Waals surface area contributed by atoms with E-state index in [0.29, 0.717) is 31.1 Å². The molecule has 2 aromatic carbocycles. The van der Waals surface area contributed by atoms with Gasteiger partial charge in [-0.05, 0) is 54.8 Å². The van der Waals surface area contributed by atoms with Gasteiger partial charge in [-0.2, -0.15) is 0 Å². The number of ether oxygens (including phenoxy) is 3. The molecule has 26 heavy (non-hydrogen) atoms. The Bertz CT molecular complexity index is 758. The number of benzene rings is 2. The van der Waals surface area contributed by atoms with Gasteiger partial charge in [-0.25, -0.2) is 0 Å². The summed E-state index contributed by atoms with van der Waals surface area (Å²) in [6, 6.07) is 11.7. The van der Waals surface area contributed by atoms with E-state index >= 15 is 0 Å². The summed E-state index contributed by atoms with van der Waals surface area (Å²) >= 11 is 0. The Kier molecular flexibility index (Phi) is 6.89. The van der Waals surface area contributed by atoms with Crippen molar-refractivity contribution >= 4 is 5.91 Å². The van der Waals surface area contributed by atoms with Gasteiger partial charge >= 0.3 is 0 Å². The van der Waals surface area contributed by atoms with Gasteiger partial charge in [-0.1, -0.05) is 12.1 Å². The van der Waals surface area contributed by atoms with Gasteiger partial charge in [-0.3, -0.25) is 4.79 Å². The number of nitrogens with zero attached hydrogens (tertiary/aromatic N) is 1. The van der Waals surface area contributed by atoms with Crippen LogP contribution in [-0.2, 0) is 11.3 Å². The average Bonchev–Trinajstić information content (AvgIpc) is 2.62. The first kappa shape index (κ1) is 19.6. The molecule has 0 aliphatic heterocycles. The molecule has 0 heterocycles. The van der Waals surface area contributed by atoms with Crippen molar-refractivity contribution in [2.24, 2.45) is 0 Å². The van der Waals surface area contributed by atoms with Gasteiger partial charge in [0.15, 0.2) is 11.5 Å². The molecule has 0 N–H and O–H groups in total. The summed E-state index contributed by atoms with van der Waals surface area (Å²) in [5, 5.41) is 0. The lowest BCUT2D eigenvalue weighted by atomic mass is 10.1. The van der Waals surface area contributed by atoms with Crippen LogP contribution < -0.4 is 14.2 Å². The molecule has 140 valence electrons. The van der Waals surface area contributed by atoms with Crippen molar-refractivity contribution < 1.29 is 19.0 Å². The fourth-order valence-electron chi connectivity index (χ4n) is 2.69. The Morgan fingerprint density at radius 3 is 2.38 bits per heavy atom. The van der Waals surface area contributed by atoms with E-state index in [0.717, 1.165) is 22.4 Å². The van der Waals surface area contributed by atoms with Crippen LogP contribution in [0.15, 0.2) is 36.4 Å². The van der Waals surface area contributed by atoms with Crippen LogP contribution in [-0.4, -0.2) is 38.7 Å². The summed E-state index contributed by atoms with van der Waals surface area (Å²) in [4.78, 5) is 14.1. The third-order valence-electron chi connectivity index (χ3n) is 4.25. The van der Waals surface area contributed by atoms with Crippen LogP contribution in [0.3, 0.4) is 0 Å². The monoisotopic (exact) mass is 357 g/mol. The normalized spacial score (nSPS) is 10.3. The van der Waals surface area contributed by atoms with E-state index in [1.54, 1.807) is 26.2 Å². The first-order valence-corrected chi connectivity index (χ1v) is 8.59. The molecule has 0 saturated carbocycles. The van der Waals surface area contributed by atoms with Crippen molar-refractivity contribution in [3.63, 3.8) is 0 Å². The van der Waals surface area contributed by atoms with E-state index in [2.05, 4.69) is 0 Å². The smallest absolute Gasteiger partial charge is 0.226 e. The lowest BCUT2D eigenvalue weighted by Gasteiger charge is -2.20. The minimum absolute atomic E-state index is 0.0341. The van der Waals surface area contributed by atoms with Crippen LogP contribution in [0.1, 0.15) is 23.1 Å². The predicted octanol–water partition coefficient (Wildman–Crippen LogP) is 3.75. The largest absolute Gasteiger partial charge is 0.493 e. The summed E-state index contributed by atoms with van der Waals surface area (Å²) in [5.74, 6) is 2.18. The zero-order valence-corrected chi connectivity index (χ0v) is 16.2. The highest BCUT2D eigenvalue weighted by atomic mass is 16.5. The van der Waals surface area contributed by atoms with E-state index in [4.69, 9.17) is 14.2 Å². The molecule has 0 unspecified atom stereocenters. The van der Waals surface area contributed by atoms with Crippen molar-refractivity contribution in [1.82, 2.24) is 4.90 Å². The summed E-state index contributed by atoms with van der Waals surface area (Å²) < 4.78 is 16.3. The second-order valence-corrected chi connectivity index (χ2v) is 6.30. The Balaban J connectivity index is 1.92. The SMILES string of the molecule is COc1cc(C)c(CN(C)C(=O)CCOc2cccc(C)c2)cc1OC. The van der Waals surface area contributed by atoms with Crippen LogP contribution in [0.2, 0.25) is 0 Å². The molecule has 0 aromatic heterocycles. The predicted molar refractivity (Wildman–Crippen MR) is 102 cm³/mol. The van der Waals surface area contributed by atoms with Crippen molar-refractivity contribution in [2.75, 3.05) is 27.9 Å². The van der Waals surface area contributed by atoms with Crippen LogP contribution in [0, 0.1) is 13.8 Å². The van der Waals surface area contributed by atoms with Gasteiger partial charge in [0.1, 0.15) is 5.75 Å². The molecule has 0 saturated heterocycles. The third-order valence-corrected chi connectivity index (χ3v) is 4.25. The number of rotatable bonds is 8. The van der Waals surface area contributed by atoms with Crippen molar-refractivity contribution in [2.45, 2.75) is 26.8 Å². The molecule has 0 bridgehead atoms. The van der Waals surface area contributed by atoms with Crippen LogP contribution in [0.5, 0.6) is 17.2 Å². The number of aryl methyl sites for hydroxylation is 2. The van der Waals surface area contributed by atoms with Crippen molar-refractivity contribution in [1.29, 1.82) is 0 Å². The molecule has 0 spiro atoms. The zero-order chi connectivity index (χ0) is 19.1. The Hall–Kier alpha value is -2.69. The molecule has 5 nitrogen and oxygen atoms in total. The van der Waals surface area contributed by atoms with E-state index in [9.17, 15) is 4.79 Å². The molecule has 0 radical (unpaired) electrons. The third kappa shape index (κ3) is 5.15. The summed E-state index contributed by atoms with van der Waals surface area (Å²) in [7, 11) is 5.01. The highest BCUT2D eigenvalue weighted by molar-refractivity contribution is 5.76. The van der Waals surface area contributed by atoms with Crippen LogP contribution >= 0.6 is 0 Å². The number of hydrogen-bond donors (Lipinski definition) is 0. The maximum absolute atomic E-state index is 12.4. The lowest BCUT2D eigenvalue weighted by Crippen LogP contribution is -2.27. The number of carbonyl (C=O) groups excluding carboxylic acids is 1. The fourth-order valence-corrected chi connectivity index (χ4v) is 2.69. The van der Waals surface area contributed by atoms with Crippen LogP contribution in [0.25, 0.3) is 0 Å². The Labute approximate surface area is 155 Å². The van der Waals surface area contributed by atoms with E-state index < -0.39 is 0 Å². The second kappa shape index (κ2) is 9.13. The van der Waals surface area contributed by atoms with E-state index in [-0.39, 0.29) is 5.91 Å². The first-order valence-electron chi connectivity index (χ1n) is 8.59. The number of hydrogen-bond acceptors (Lipinski definition) is 4. The van der Waals surface area contributed by atoms with Gasteiger partial charge in [0.05, 0.1) is 27.2 Å². The van der Waals surface area contributed by atoms with E-state index in [1.165, 1.54) is 0 Å². The molecule has 1 amide bonds. The van der Waals surface area contributed by atoms with Crippen LogP contribution in [0.4, 0.5) is 0 Å². The Morgan fingerprint density at radius 1 is 1.04 bits per heavy atom. The molecular formula is C21H27NO4. The summed E-state index contributed by atoms with van der Waals surface area (Å²) in [5.41, 5.74) is 3.21. The Morgan fingerprint density at radius 2 is 1.73 bits per heavy atom. The molecule has 0 atom stereocenters. The highest BCUT2D eigenvalue weighted by Crippen LogP contribution is 2.30. The molecule has 5 heteroatoms. The van der Waals surface area contributed by atoms with Gasteiger partial charge in [0.2, 0.25) is 5.91 Å². The van der Waals surface area contributed by atoms with Gasteiger partial charge in [-0.15, -0.1) is 0 Å². The standard InChI is InChI=1S/C21H27NO4/c1-15-7-6-8-18(11-15)26-10-9-21(23)22(3)14-17-13-20(25-5)19(24-4)12-16(17)2/h6-8,11-13H,9-10,14H2,1-5H3. The fraction of sp³-hybridized carbons (Fsp3) is 0.381. The minimum Gasteiger partial charge on any atom is -0.493 e. The van der Waals surface area contributed by atoms with Gasteiger partial charge < -0.3 is 19.1 Å². The van der Waals surface area contributed by atoms with E-state index in [1.807, 2.05) is 50.2 Å². The summed E-state index contributed by atoms with van der Waals surface area (Å²) in [6.07, 6.45) is 0.330. The molecule has 2 rings (SSSR count). The maximum atomic E-state index is 12.4. The molecule has 0 fully saturated rings. The molecular weight excluding hydrogens is 330 g/mol. The van der Waals surface area contributed by atoms with Crippen molar-refractivity contribution in [3.8, 4) is 17.2 Å². The number of methoxy groups -OCH3 is 2. The first-order chi connectivity index (χ1) is 12.4. The maximum Gasteiger partial charge on any atom is 0.226 e. The second-order valence-electron chi connectivity index (χ2n) is 6.30. The van der Waals surface area contributed by atoms with Crippen molar-refractivity contribution in [3.05, 3.63) is 53.1 Å². The quantitative estimate of drug-likeness (QED) is 0.722. The van der Waals surface area contributed by atoms with Gasteiger partial charge in [0.25, 0.3) is 0 Å². The number of carbonyl (C=O) groups is 1. The topological polar surface area (TPSA) is 48.0 Å². The van der Waals surface area contributed by atoms with Gasteiger partial charge in [0, 0.05) is 13.6 Å². The lowest BCUT2D eigenvalue weighted by molar-refractivity contribution is -0.130. The molecule has 0 aliphatic carbocycles. The number of amides is 1. The highest BCUT2D eigenvalue weighted by Gasteiger charge is 2.14. The molecule has 0 aliphatic rings. The minimum atomic E-state index is 0.0341. The zero-order valence-electron chi connectivity index (χ0n) is 16.2. The molecule has 2 aromatic rings. The average molecular weight is 357 g/mol.